The lowest BCUT2D eigenvalue weighted by molar-refractivity contribution is -0.383. The lowest BCUT2D eigenvalue weighted by Crippen LogP contribution is -2.16. The summed E-state index contributed by atoms with van der Waals surface area (Å²) < 4.78 is 10.7. The molecule has 1 aromatic heterocycles. The van der Waals surface area contributed by atoms with Gasteiger partial charge < -0.3 is 15.0 Å². The molecular formula is C12H12N4O4S. The number of ether oxygens (including phenoxy) is 1. The van der Waals surface area contributed by atoms with Crippen molar-refractivity contribution < 1.29 is 14.2 Å². The van der Waals surface area contributed by atoms with Gasteiger partial charge in [-0.2, -0.15) is 16.7 Å². The molecule has 3 rings (SSSR count). The second-order valence-corrected chi connectivity index (χ2v) is 5.57. The van der Waals surface area contributed by atoms with Crippen molar-refractivity contribution in [3.8, 4) is 11.5 Å². The van der Waals surface area contributed by atoms with E-state index in [1.165, 1.54) is 12.1 Å². The fourth-order valence-corrected chi connectivity index (χ4v) is 2.79. The summed E-state index contributed by atoms with van der Waals surface area (Å²) in [5, 5.41) is 14.8. The Bertz CT molecular complexity index is 669. The molecule has 0 saturated carbocycles. The minimum atomic E-state index is -0.545. The first kappa shape index (κ1) is 13.8. The van der Waals surface area contributed by atoms with Gasteiger partial charge in [-0.15, -0.1) is 0 Å². The second-order valence-electron chi connectivity index (χ2n) is 4.42. The molecule has 1 atom stereocenters. The maximum atomic E-state index is 10.9. The summed E-state index contributed by atoms with van der Waals surface area (Å²) >= 11 is 1.76. The molecule has 0 spiro atoms. The molecule has 1 saturated heterocycles. The number of nitro groups is 1. The zero-order chi connectivity index (χ0) is 14.8. The van der Waals surface area contributed by atoms with Gasteiger partial charge in [-0.25, -0.2) is 0 Å². The van der Waals surface area contributed by atoms with Crippen LogP contribution in [-0.2, 0) is 4.74 Å². The van der Waals surface area contributed by atoms with E-state index in [2.05, 4.69) is 10.1 Å². The van der Waals surface area contributed by atoms with Crippen LogP contribution in [0.4, 0.5) is 11.4 Å². The Balaban J connectivity index is 1.89. The van der Waals surface area contributed by atoms with Crippen LogP contribution in [0.1, 0.15) is 11.9 Å². The topological polar surface area (TPSA) is 117 Å². The highest BCUT2D eigenvalue weighted by atomic mass is 32.2. The van der Waals surface area contributed by atoms with Crippen molar-refractivity contribution in [1.82, 2.24) is 10.1 Å². The summed E-state index contributed by atoms with van der Waals surface area (Å²) in [6.07, 6.45) is -0.204. The number of nitrogen functional groups attached to an aromatic ring is 1. The van der Waals surface area contributed by atoms with E-state index < -0.39 is 4.92 Å². The molecule has 0 bridgehead atoms. The maximum absolute atomic E-state index is 10.9. The number of thioether (sulfide) groups is 1. The Morgan fingerprint density at radius 3 is 3.05 bits per heavy atom. The molecule has 2 aromatic rings. The molecule has 1 aromatic carbocycles. The summed E-state index contributed by atoms with van der Waals surface area (Å²) in [6, 6.07) is 4.38. The van der Waals surface area contributed by atoms with Crippen molar-refractivity contribution >= 4 is 23.1 Å². The van der Waals surface area contributed by atoms with Crippen molar-refractivity contribution in [2.45, 2.75) is 6.10 Å². The third kappa shape index (κ3) is 2.83. The largest absolute Gasteiger partial charge is 0.393 e. The van der Waals surface area contributed by atoms with Gasteiger partial charge in [0, 0.05) is 23.1 Å². The van der Waals surface area contributed by atoms with Crippen molar-refractivity contribution in [3.63, 3.8) is 0 Å². The molecular weight excluding hydrogens is 296 g/mol. The number of aromatic nitrogens is 2. The summed E-state index contributed by atoms with van der Waals surface area (Å²) in [5.74, 6) is 2.38. The van der Waals surface area contributed by atoms with Gasteiger partial charge in [0.25, 0.3) is 11.6 Å². The lowest BCUT2D eigenvalue weighted by Gasteiger charge is -2.18. The van der Waals surface area contributed by atoms with Crippen LogP contribution in [0.5, 0.6) is 0 Å². The van der Waals surface area contributed by atoms with Gasteiger partial charge in [-0.05, 0) is 12.1 Å². The van der Waals surface area contributed by atoms with Crippen LogP contribution in [0, 0.1) is 10.1 Å². The van der Waals surface area contributed by atoms with E-state index in [1.807, 2.05) is 0 Å². The molecule has 1 fully saturated rings. The number of hydrogen-bond donors (Lipinski definition) is 1. The third-order valence-electron chi connectivity index (χ3n) is 3.02. The molecule has 2 heterocycles. The van der Waals surface area contributed by atoms with Crippen LogP contribution in [0.3, 0.4) is 0 Å². The maximum Gasteiger partial charge on any atom is 0.292 e. The van der Waals surface area contributed by atoms with Crippen LogP contribution in [0.25, 0.3) is 11.5 Å². The predicted octanol–water partition coefficient (Wildman–Crippen LogP) is 2.03. The molecule has 1 aliphatic rings. The van der Waals surface area contributed by atoms with Crippen LogP contribution in [0.15, 0.2) is 22.7 Å². The van der Waals surface area contributed by atoms with Gasteiger partial charge >= 0.3 is 0 Å². The van der Waals surface area contributed by atoms with E-state index in [-0.39, 0.29) is 23.4 Å². The van der Waals surface area contributed by atoms with Crippen molar-refractivity contribution in [1.29, 1.82) is 0 Å². The van der Waals surface area contributed by atoms with E-state index in [4.69, 9.17) is 15.0 Å². The van der Waals surface area contributed by atoms with Crippen LogP contribution >= 0.6 is 11.8 Å². The number of nitrogens with zero attached hydrogens (tertiary/aromatic N) is 3. The quantitative estimate of drug-likeness (QED) is 0.520. The van der Waals surface area contributed by atoms with Crippen LogP contribution < -0.4 is 5.73 Å². The minimum Gasteiger partial charge on any atom is -0.393 e. The molecule has 2 N–H and O–H groups in total. The smallest absolute Gasteiger partial charge is 0.292 e. The average Bonchev–Trinajstić information content (AvgIpc) is 2.98. The van der Waals surface area contributed by atoms with Crippen molar-refractivity contribution in [3.05, 3.63) is 34.1 Å². The molecule has 0 aliphatic carbocycles. The highest BCUT2D eigenvalue weighted by Gasteiger charge is 2.23. The standard InChI is InChI=1S/C12H12N4O4S/c13-8-2-1-7(5-9(8)16(17)18)12-14-11(15-20-12)10-6-21-4-3-19-10/h1-2,5,10H,3-4,6,13H2. The van der Waals surface area contributed by atoms with Crippen molar-refractivity contribution in [2.24, 2.45) is 0 Å². The van der Waals surface area contributed by atoms with Gasteiger partial charge in [-0.1, -0.05) is 5.16 Å². The Morgan fingerprint density at radius 2 is 2.33 bits per heavy atom. The zero-order valence-electron chi connectivity index (χ0n) is 10.9. The Labute approximate surface area is 123 Å². The SMILES string of the molecule is Nc1ccc(-c2nc(C3CSCCO3)no2)cc1[N+](=O)[O-]. The molecule has 1 unspecified atom stereocenters. The summed E-state index contributed by atoms with van der Waals surface area (Å²) in [4.78, 5) is 14.6. The van der Waals surface area contributed by atoms with E-state index >= 15 is 0 Å². The van der Waals surface area contributed by atoms with E-state index in [1.54, 1.807) is 17.8 Å². The normalized spacial score (nSPS) is 18.6. The first-order chi connectivity index (χ1) is 10.1. The Kier molecular flexibility index (Phi) is 3.76. The highest BCUT2D eigenvalue weighted by molar-refractivity contribution is 7.99. The summed E-state index contributed by atoms with van der Waals surface area (Å²) in [6.45, 7) is 0.645. The predicted molar refractivity (Wildman–Crippen MR) is 76.8 cm³/mol. The highest BCUT2D eigenvalue weighted by Crippen LogP contribution is 2.30. The molecule has 9 heteroatoms. The Hall–Kier alpha value is -2.13. The second kappa shape index (κ2) is 5.70. The van der Waals surface area contributed by atoms with Crippen LogP contribution in [0.2, 0.25) is 0 Å². The molecule has 8 nitrogen and oxygen atoms in total. The molecule has 0 amide bonds. The van der Waals surface area contributed by atoms with E-state index in [9.17, 15) is 10.1 Å². The summed E-state index contributed by atoms with van der Waals surface area (Å²) in [5.41, 5.74) is 5.93. The average molecular weight is 308 g/mol. The lowest BCUT2D eigenvalue weighted by atomic mass is 10.2. The van der Waals surface area contributed by atoms with E-state index in [0.717, 1.165) is 11.5 Å². The monoisotopic (exact) mass is 308 g/mol. The van der Waals surface area contributed by atoms with Crippen molar-refractivity contribution in [2.75, 3.05) is 23.8 Å². The molecule has 110 valence electrons. The number of benzene rings is 1. The van der Waals surface area contributed by atoms with Gasteiger partial charge in [0.2, 0.25) is 5.82 Å². The van der Waals surface area contributed by atoms with Gasteiger partial charge in [0.05, 0.1) is 11.5 Å². The minimum absolute atomic E-state index is 0.0931. The number of rotatable bonds is 3. The number of hydrogen-bond acceptors (Lipinski definition) is 8. The molecule has 21 heavy (non-hydrogen) atoms. The van der Waals surface area contributed by atoms with Gasteiger partial charge in [0.15, 0.2) is 0 Å². The number of nitrogens with two attached hydrogens (primary N) is 1. The number of nitro benzene ring substituents is 1. The fourth-order valence-electron chi connectivity index (χ4n) is 1.95. The summed E-state index contributed by atoms with van der Waals surface area (Å²) in [7, 11) is 0. The first-order valence-electron chi connectivity index (χ1n) is 6.22. The molecule has 1 aliphatic heterocycles. The van der Waals surface area contributed by atoms with Gasteiger partial charge in [0.1, 0.15) is 11.8 Å². The molecule has 0 radical (unpaired) electrons. The number of anilines is 1. The van der Waals surface area contributed by atoms with Gasteiger partial charge in [-0.3, -0.25) is 10.1 Å². The van der Waals surface area contributed by atoms with Crippen LogP contribution in [-0.4, -0.2) is 33.2 Å². The third-order valence-corrected chi connectivity index (χ3v) is 4.01. The fraction of sp³-hybridized carbons (Fsp3) is 0.333. The zero-order valence-corrected chi connectivity index (χ0v) is 11.7. The first-order valence-corrected chi connectivity index (χ1v) is 7.38. The Morgan fingerprint density at radius 1 is 1.48 bits per heavy atom. The van der Waals surface area contributed by atoms with E-state index in [0.29, 0.717) is 18.0 Å².